The summed E-state index contributed by atoms with van der Waals surface area (Å²) >= 11 is 0. The molecule has 0 bridgehead atoms. The summed E-state index contributed by atoms with van der Waals surface area (Å²) in [5.74, 6) is 0.0479. The number of para-hydroxylation sites is 1. The molecule has 0 spiro atoms. The van der Waals surface area contributed by atoms with Gasteiger partial charge in [0, 0.05) is 6.54 Å². The van der Waals surface area contributed by atoms with E-state index in [0.29, 0.717) is 23.5 Å². The number of amides is 2. The van der Waals surface area contributed by atoms with Crippen molar-refractivity contribution in [2.45, 2.75) is 20.0 Å². The molecule has 0 saturated carbocycles. The smallest absolute Gasteiger partial charge is 0.265 e. The molecule has 2 N–H and O–H groups in total. The first kappa shape index (κ1) is 20.1. The second-order valence-corrected chi connectivity index (χ2v) is 6.54. The number of nitrogens with one attached hydrogen (secondary N) is 2. The van der Waals surface area contributed by atoms with Crippen LogP contribution in [0.5, 0.6) is 5.75 Å². The third kappa shape index (κ3) is 5.23. The first-order valence-corrected chi connectivity index (χ1v) is 9.58. The molecule has 3 rings (SSSR count). The minimum atomic E-state index is -0.722. The Morgan fingerprint density at radius 1 is 0.862 bits per heavy atom. The highest BCUT2D eigenvalue weighted by molar-refractivity contribution is 6.04. The Balaban J connectivity index is 1.65. The molecule has 0 radical (unpaired) electrons. The number of carbonyl (C=O) groups excluding carboxylic acids is 2. The molecular formula is C24H24N2O3. The van der Waals surface area contributed by atoms with Crippen molar-refractivity contribution < 1.29 is 14.3 Å². The van der Waals surface area contributed by atoms with Crippen LogP contribution >= 0.6 is 0 Å². The average Bonchev–Trinajstić information content (AvgIpc) is 2.75. The van der Waals surface area contributed by atoms with Gasteiger partial charge in [0.25, 0.3) is 11.8 Å². The number of hydrogen-bond donors (Lipinski definition) is 2. The lowest BCUT2D eigenvalue weighted by atomic mass is 10.1. The highest BCUT2D eigenvalue weighted by atomic mass is 16.5. The Bertz CT molecular complexity index is 969. The van der Waals surface area contributed by atoms with Gasteiger partial charge in [0.1, 0.15) is 5.75 Å². The Hall–Kier alpha value is -3.60. The zero-order valence-corrected chi connectivity index (χ0v) is 16.5. The SMILES string of the molecule is CCNC(=O)c1ccccc1NC(=O)C(C)Oc1ccc(-c2ccccc2)cc1. The fourth-order valence-electron chi connectivity index (χ4n) is 2.89. The normalized spacial score (nSPS) is 11.4. The second-order valence-electron chi connectivity index (χ2n) is 6.54. The third-order valence-electron chi connectivity index (χ3n) is 4.41. The van der Waals surface area contributed by atoms with Gasteiger partial charge in [-0.05, 0) is 49.2 Å². The zero-order valence-electron chi connectivity index (χ0n) is 16.5. The van der Waals surface area contributed by atoms with E-state index in [-0.39, 0.29) is 11.8 Å². The van der Waals surface area contributed by atoms with Gasteiger partial charge >= 0.3 is 0 Å². The van der Waals surface area contributed by atoms with Crippen LogP contribution in [0.4, 0.5) is 5.69 Å². The van der Waals surface area contributed by atoms with E-state index >= 15 is 0 Å². The first-order valence-electron chi connectivity index (χ1n) is 9.58. The lowest BCUT2D eigenvalue weighted by molar-refractivity contribution is -0.122. The van der Waals surface area contributed by atoms with Crippen molar-refractivity contribution in [1.82, 2.24) is 5.32 Å². The van der Waals surface area contributed by atoms with Gasteiger partial charge in [-0.15, -0.1) is 0 Å². The molecule has 3 aromatic rings. The lowest BCUT2D eigenvalue weighted by Gasteiger charge is -2.16. The van der Waals surface area contributed by atoms with Crippen molar-refractivity contribution in [2.75, 3.05) is 11.9 Å². The maximum Gasteiger partial charge on any atom is 0.265 e. The molecule has 0 aliphatic heterocycles. The second kappa shape index (κ2) is 9.55. The third-order valence-corrected chi connectivity index (χ3v) is 4.41. The molecule has 0 heterocycles. The number of ether oxygens (including phenoxy) is 1. The highest BCUT2D eigenvalue weighted by Gasteiger charge is 2.18. The maximum absolute atomic E-state index is 12.6. The predicted octanol–water partition coefficient (Wildman–Crippen LogP) is 4.51. The Morgan fingerprint density at radius 3 is 2.17 bits per heavy atom. The summed E-state index contributed by atoms with van der Waals surface area (Å²) in [6, 6.07) is 24.5. The molecule has 0 fully saturated rings. The van der Waals surface area contributed by atoms with E-state index in [1.165, 1.54) is 0 Å². The number of benzene rings is 3. The van der Waals surface area contributed by atoms with Crippen LogP contribution in [-0.2, 0) is 4.79 Å². The predicted molar refractivity (Wildman–Crippen MR) is 115 cm³/mol. The van der Waals surface area contributed by atoms with Crippen molar-refractivity contribution in [2.24, 2.45) is 0 Å². The van der Waals surface area contributed by atoms with Gasteiger partial charge in [0.05, 0.1) is 11.3 Å². The standard InChI is InChI=1S/C24H24N2O3/c1-3-25-24(28)21-11-7-8-12-22(21)26-23(27)17(2)29-20-15-13-19(14-16-20)18-9-5-4-6-10-18/h4-17H,3H2,1-2H3,(H,25,28)(H,26,27). The summed E-state index contributed by atoms with van der Waals surface area (Å²) in [6.45, 7) is 4.03. The molecule has 1 atom stereocenters. The number of carbonyl (C=O) groups is 2. The molecule has 5 nitrogen and oxygen atoms in total. The fourth-order valence-corrected chi connectivity index (χ4v) is 2.89. The molecule has 3 aromatic carbocycles. The number of rotatable bonds is 7. The van der Waals surface area contributed by atoms with Crippen LogP contribution in [0.25, 0.3) is 11.1 Å². The summed E-state index contributed by atoms with van der Waals surface area (Å²) < 4.78 is 5.77. The zero-order chi connectivity index (χ0) is 20.6. The van der Waals surface area contributed by atoms with E-state index in [1.54, 1.807) is 31.2 Å². The Morgan fingerprint density at radius 2 is 1.48 bits per heavy atom. The highest BCUT2D eigenvalue weighted by Crippen LogP contribution is 2.23. The minimum absolute atomic E-state index is 0.228. The topological polar surface area (TPSA) is 67.4 Å². The van der Waals surface area contributed by atoms with Crippen LogP contribution in [0.15, 0.2) is 78.9 Å². The Labute approximate surface area is 170 Å². The van der Waals surface area contributed by atoms with Crippen molar-refractivity contribution in [3.63, 3.8) is 0 Å². The minimum Gasteiger partial charge on any atom is -0.481 e. The summed E-state index contributed by atoms with van der Waals surface area (Å²) in [5.41, 5.74) is 3.07. The van der Waals surface area contributed by atoms with Gasteiger partial charge in [-0.25, -0.2) is 0 Å². The molecule has 0 saturated heterocycles. The lowest BCUT2D eigenvalue weighted by Crippen LogP contribution is -2.31. The molecule has 148 valence electrons. The van der Waals surface area contributed by atoms with E-state index in [4.69, 9.17) is 4.74 Å². The summed E-state index contributed by atoms with van der Waals surface area (Å²) in [6.07, 6.45) is -0.722. The van der Waals surface area contributed by atoms with Crippen molar-refractivity contribution in [3.05, 3.63) is 84.4 Å². The molecule has 0 aliphatic rings. The van der Waals surface area contributed by atoms with E-state index in [1.807, 2.05) is 61.5 Å². The monoisotopic (exact) mass is 388 g/mol. The molecule has 5 heteroatoms. The number of hydrogen-bond acceptors (Lipinski definition) is 3. The molecule has 0 aliphatic carbocycles. The van der Waals surface area contributed by atoms with E-state index < -0.39 is 6.10 Å². The Kier molecular flexibility index (Phi) is 6.63. The van der Waals surface area contributed by atoms with Crippen molar-refractivity contribution in [1.29, 1.82) is 0 Å². The van der Waals surface area contributed by atoms with Crippen LogP contribution in [0.2, 0.25) is 0 Å². The van der Waals surface area contributed by atoms with Crippen LogP contribution in [0.1, 0.15) is 24.2 Å². The van der Waals surface area contributed by atoms with E-state index in [9.17, 15) is 9.59 Å². The van der Waals surface area contributed by atoms with Crippen molar-refractivity contribution in [3.8, 4) is 16.9 Å². The van der Waals surface area contributed by atoms with E-state index in [0.717, 1.165) is 11.1 Å². The van der Waals surface area contributed by atoms with Crippen LogP contribution in [0.3, 0.4) is 0 Å². The van der Waals surface area contributed by atoms with E-state index in [2.05, 4.69) is 10.6 Å². The fraction of sp³-hybridized carbons (Fsp3) is 0.167. The quantitative estimate of drug-likeness (QED) is 0.626. The van der Waals surface area contributed by atoms with Crippen LogP contribution in [0, 0.1) is 0 Å². The van der Waals surface area contributed by atoms with Gasteiger partial charge in [0.15, 0.2) is 6.10 Å². The summed E-state index contributed by atoms with van der Waals surface area (Å²) in [4.78, 5) is 24.7. The average molecular weight is 388 g/mol. The summed E-state index contributed by atoms with van der Waals surface area (Å²) in [5, 5.41) is 5.52. The van der Waals surface area contributed by atoms with Gasteiger partial charge in [-0.2, -0.15) is 0 Å². The molecular weight excluding hydrogens is 364 g/mol. The van der Waals surface area contributed by atoms with Crippen LogP contribution in [-0.4, -0.2) is 24.5 Å². The van der Waals surface area contributed by atoms with Gasteiger partial charge < -0.3 is 15.4 Å². The maximum atomic E-state index is 12.6. The largest absolute Gasteiger partial charge is 0.481 e. The molecule has 0 aromatic heterocycles. The molecule has 2 amide bonds. The van der Waals surface area contributed by atoms with Crippen LogP contribution < -0.4 is 15.4 Å². The molecule has 1 unspecified atom stereocenters. The van der Waals surface area contributed by atoms with Gasteiger partial charge in [-0.3, -0.25) is 9.59 Å². The summed E-state index contributed by atoms with van der Waals surface area (Å²) in [7, 11) is 0. The molecule has 29 heavy (non-hydrogen) atoms. The number of anilines is 1. The first-order chi connectivity index (χ1) is 14.1. The van der Waals surface area contributed by atoms with Gasteiger partial charge in [0.2, 0.25) is 0 Å². The van der Waals surface area contributed by atoms with Crippen molar-refractivity contribution >= 4 is 17.5 Å². The van der Waals surface area contributed by atoms with Gasteiger partial charge in [-0.1, -0.05) is 54.6 Å².